The van der Waals surface area contributed by atoms with Gasteiger partial charge in [-0.05, 0) is 31.6 Å². The highest BCUT2D eigenvalue weighted by Gasteiger charge is 2.10. The number of rotatable bonds is 9. The Balaban J connectivity index is 2.70. The largest absolute Gasteiger partial charge is 0.490 e. The van der Waals surface area contributed by atoms with E-state index in [4.69, 9.17) is 14.6 Å². The number of carboxylic acids is 1. The molecule has 0 saturated carbocycles. The quantitative estimate of drug-likeness (QED) is 0.429. The lowest BCUT2D eigenvalue weighted by Gasteiger charge is -2.14. The second-order valence-electron chi connectivity index (χ2n) is 4.51. The summed E-state index contributed by atoms with van der Waals surface area (Å²) < 4.78 is 11.2. The summed E-state index contributed by atoms with van der Waals surface area (Å²) in [4.78, 5) is 10.9. The molecule has 0 spiro atoms. The summed E-state index contributed by atoms with van der Waals surface area (Å²) in [6.07, 6.45) is 3.89. The number of hydrogen-bond acceptors (Lipinski definition) is 3. The van der Waals surface area contributed by atoms with Crippen molar-refractivity contribution >= 4 is 5.97 Å². The zero-order valence-corrected chi connectivity index (χ0v) is 13.0. The lowest BCUT2D eigenvalue weighted by molar-refractivity contribution is -0.132. The molecule has 0 radical (unpaired) electrons. The van der Waals surface area contributed by atoms with Crippen LogP contribution in [0.1, 0.15) is 19.4 Å². The Morgan fingerprint density at radius 3 is 2.45 bits per heavy atom. The summed E-state index contributed by atoms with van der Waals surface area (Å²) in [6, 6.07) is 9.99. The Bertz CT molecular complexity index is 556. The van der Waals surface area contributed by atoms with Crippen LogP contribution in [0.4, 0.5) is 0 Å². The molecule has 0 aliphatic carbocycles. The third-order valence-electron chi connectivity index (χ3n) is 2.88. The van der Waals surface area contributed by atoms with Gasteiger partial charge in [-0.1, -0.05) is 36.9 Å². The van der Waals surface area contributed by atoms with Crippen LogP contribution in [0.15, 0.2) is 66.2 Å². The third kappa shape index (κ3) is 5.87. The molecular formula is C18H22O4. The first-order valence-electron chi connectivity index (χ1n) is 7.18. The molecule has 0 fully saturated rings. The fraction of sp³-hybridized carbons (Fsp3) is 0.278. The first kappa shape index (κ1) is 17.6. The maximum atomic E-state index is 10.9. The van der Waals surface area contributed by atoms with Crippen molar-refractivity contribution in [3.05, 3.63) is 71.7 Å². The molecule has 118 valence electrons. The standard InChI is InChI=1S/C18H22O4/c1-4-16(17(21-5-2)13-14(3)18(19)20)22-12-11-15-9-7-6-8-10-15/h4,6-10,13H,3,5,11-12H2,1-2H3,(H,19,20)/b16-4+,17-13+. The van der Waals surface area contributed by atoms with Crippen molar-refractivity contribution in [2.45, 2.75) is 20.3 Å². The molecule has 1 rings (SSSR count). The molecule has 0 aliphatic rings. The SMILES string of the molecule is C=C(/C=C(OCC)\C(=C/C)OCCc1ccccc1)C(=O)O. The van der Waals surface area contributed by atoms with Crippen LogP contribution in [-0.4, -0.2) is 24.3 Å². The molecule has 1 N–H and O–H groups in total. The van der Waals surface area contributed by atoms with Gasteiger partial charge in [0.1, 0.15) is 0 Å². The number of hydrogen-bond donors (Lipinski definition) is 1. The van der Waals surface area contributed by atoms with Crippen molar-refractivity contribution < 1.29 is 19.4 Å². The molecule has 0 saturated heterocycles. The van der Waals surface area contributed by atoms with E-state index in [2.05, 4.69) is 6.58 Å². The number of aliphatic carboxylic acids is 1. The minimum atomic E-state index is -1.09. The van der Waals surface area contributed by atoms with Gasteiger partial charge in [-0.3, -0.25) is 0 Å². The molecular weight excluding hydrogens is 280 g/mol. The van der Waals surface area contributed by atoms with E-state index >= 15 is 0 Å². The monoisotopic (exact) mass is 302 g/mol. The zero-order valence-electron chi connectivity index (χ0n) is 13.0. The lowest BCUT2D eigenvalue weighted by atomic mass is 10.2. The molecule has 0 bridgehead atoms. The predicted octanol–water partition coefficient (Wildman–Crippen LogP) is 3.71. The number of ether oxygens (including phenoxy) is 2. The van der Waals surface area contributed by atoms with E-state index in [1.54, 1.807) is 6.08 Å². The van der Waals surface area contributed by atoms with Gasteiger partial charge in [0.2, 0.25) is 0 Å². The molecule has 4 nitrogen and oxygen atoms in total. The highest BCUT2D eigenvalue weighted by Crippen LogP contribution is 2.16. The minimum absolute atomic E-state index is 0.0468. The molecule has 0 heterocycles. The fourth-order valence-electron chi connectivity index (χ4n) is 1.78. The number of allylic oxidation sites excluding steroid dienone is 1. The van der Waals surface area contributed by atoms with Crippen molar-refractivity contribution in [2.75, 3.05) is 13.2 Å². The highest BCUT2D eigenvalue weighted by atomic mass is 16.5. The summed E-state index contributed by atoms with van der Waals surface area (Å²) >= 11 is 0. The molecule has 0 amide bonds. The highest BCUT2D eigenvalue weighted by molar-refractivity contribution is 5.89. The normalized spacial score (nSPS) is 11.9. The average Bonchev–Trinajstić information content (AvgIpc) is 2.52. The summed E-state index contributed by atoms with van der Waals surface area (Å²) in [5, 5.41) is 8.92. The van der Waals surface area contributed by atoms with E-state index in [-0.39, 0.29) is 5.57 Å². The molecule has 0 atom stereocenters. The summed E-state index contributed by atoms with van der Waals surface area (Å²) in [5.74, 6) is -0.192. The first-order chi connectivity index (χ1) is 10.6. The maximum Gasteiger partial charge on any atom is 0.335 e. The summed E-state index contributed by atoms with van der Waals surface area (Å²) in [6.45, 7) is 8.02. The average molecular weight is 302 g/mol. The van der Waals surface area contributed by atoms with Gasteiger partial charge >= 0.3 is 5.97 Å². The number of carboxylic acid groups (broad SMARTS) is 1. The second kappa shape index (κ2) is 9.45. The molecule has 0 aromatic heterocycles. The summed E-state index contributed by atoms with van der Waals surface area (Å²) in [7, 11) is 0. The summed E-state index contributed by atoms with van der Waals surface area (Å²) in [5.41, 5.74) is 1.13. The van der Waals surface area contributed by atoms with Gasteiger partial charge in [-0.25, -0.2) is 4.79 Å². The van der Waals surface area contributed by atoms with Crippen LogP contribution in [0.5, 0.6) is 0 Å². The van der Waals surface area contributed by atoms with E-state index in [1.807, 2.05) is 44.2 Å². The van der Waals surface area contributed by atoms with E-state index in [0.717, 1.165) is 6.42 Å². The topological polar surface area (TPSA) is 55.8 Å². The van der Waals surface area contributed by atoms with Crippen molar-refractivity contribution in [1.82, 2.24) is 0 Å². The Labute approximate surface area is 131 Å². The van der Waals surface area contributed by atoms with Gasteiger partial charge in [0.05, 0.1) is 18.8 Å². The van der Waals surface area contributed by atoms with Crippen LogP contribution >= 0.6 is 0 Å². The van der Waals surface area contributed by atoms with Gasteiger partial charge in [-0.2, -0.15) is 0 Å². The molecule has 0 aliphatic heterocycles. The van der Waals surface area contributed by atoms with Crippen LogP contribution in [0.2, 0.25) is 0 Å². The maximum absolute atomic E-state index is 10.9. The minimum Gasteiger partial charge on any atom is -0.490 e. The van der Waals surface area contributed by atoms with Crippen LogP contribution in [0.25, 0.3) is 0 Å². The lowest BCUT2D eigenvalue weighted by Crippen LogP contribution is -2.06. The molecule has 4 heteroatoms. The van der Waals surface area contributed by atoms with Crippen molar-refractivity contribution in [1.29, 1.82) is 0 Å². The predicted molar refractivity (Wildman–Crippen MR) is 86.3 cm³/mol. The zero-order chi connectivity index (χ0) is 16.4. The molecule has 1 aromatic rings. The number of carbonyl (C=O) groups is 1. The Morgan fingerprint density at radius 1 is 1.23 bits per heavy atom. The van der Waals surface area contributed by atoms with E-state index in [1.165, 1.54) is 11.6 Å². The van der Waals surface area contributed by atoms with Gasteiger partial charge in [0.25, 0.3) is 0 Å². The van der Waals surface area contributed by atoms with Crippen LogP contribution < -0.4 is 0 Å². The van der Waals surface area contributed by atoms with E-state index < -0.39 is 5.97 Å². The van der Waals surface area contributed by atoms with Gasteiger partial charge in [-0.15, -0.1) is 0 Å². The van der Waals surface area contributed by atoms with E-state index in [0.29, 0.717) is 24.7 Å². The van der Waals surface area contributed by atoms with E-state index in [9.17, 15) is 4.79 Å². The smallest absolute Gasteiger partial charge is 0.335 e. The second-order valence-corrected chi connectivity index (χ2v) is 4.51. The third-order valence-corrected chi connectivity index (χ3v) is 2.88. The Hall–Kier alpha value is -2.49. The van der Waals surface area contributed by atoms with Crippen LogP contribution in [0, 0.1) is 0 Å². The van der Waals surface area contributed by atoms with Gasteiger partial charge in [0, 0.05) is 6.42 Å². The van der Waals surface area contributed by atoms with Gasteiger partial charge < -0.3 is 14.6 Å². The number of benzene rings is 1. The van der Waals surface area contributed by atoms with Crippen molar-refractivity contribution in [2.24, 2.45) is 0 Å². The molecule has 0 unspecified atom stereocenters. The fourth-order valence-corrected chi connectivity index (χ4v) is 1.78. The van der Waals surface area contributed by atoms with Crippen LogP contribution in [-0.2, 0) is 20.7 Å². The first-order valence-corrected chi connectivity index (χ1v) is 7.18. The molecule has 1 aromatic carbocycles. The van der Waals surface area contributed by atoms with Gasteiger partial charge in [0.15, 0.2) is 11.5 Å². The Kier molecular flexibility index (Phi) is 7.54. The molecule has 22 heavy (non-hydrogen) atoms. The van der Waals surface area contributed by atoms with Crippen molar-refractivity contribution in [3.63, 3.8) is 0 Å². The van der Waals surface area contributed by atoms with Crippen molar-refractivity contribution in [3.8, 4) is 0 Å². The van der Waals surface area contributed by atoms with Crippen LogP contribution in [0.3, 0.4) is 0 Å². The Morgan fingerprint density at radius 2 is 1.91 bits per heavy atom.